The Morgan fingerprint density at radius 2 is 2.00 bits per heavy atom. The van der Waals surface area contributed by atoms with Crippen molar-refractivity contribution in [3.8, 4) is 0 Å². The molecule has 6 heteroatoms. The maximum atomic E-state index is 11.5. The molecule has 2 amide bonds. The molecule has 0 spiro atoms. The van der Waals surface area contributed by atoms with Crippen molar-refractivity contribution in [2.24, 2.45) is 0 Å². The predicted octanol–water partition coefficient (Wildman–Crippen LogP) is -0.644. The first kappa shape index (κ1) is 11.5. The summed E-state index contributed by atoms with van der Waals surface area (Å²) in [5.41, 5.74) is 0. The number of nitrogens with zero attached hydrogens (tertiary/aromatic N) is 1. The zero-order valence-electron chi connectivity index (χ0n) is 7.79. The van der Waals surface area contributed by atoms with Crippen molar-refractivity contribution in [1.82, 2.24) is 10.2 Å². The zero-order chi connectivity index (χ0) is 10.4. The lowest BCUT2D eigenvalue weighted by Crippen LogP contribution is -2.45. The van der Waals surface area contributed by atoms with E-state index >= 15 is 0 Å². The smallest absolute Gasteiger partial charge is 0.242 e. The highest BCUT2D eigenvalue weighted by molar-refractivity contribution is 9.09. The molecule has 1 aliphatic rings. The number of hydrogen-bond acceptors (Lipinski definition) is 3. The van der Waals surface area contributed by atoms with E-state index in [1.807, 2.05) is 0 Å². The van der Waals surface area contributed by atoms with Gasteiger partial charge in [0.2, 0.25) is 11.8 Å². The number of ether oxygens (including phenoxy) is 1. The molecule has 5 nitrogen and oxygen atoms in total. The molecule has 0 radical (unpaired) electrons. The molecule has 0 aliphatic carbocycles. The molecule has 1 heterocycles. The van der Waals surface area contributed by atoms with Gasteiger partial charge in [0.1, 0.15) is 0 Å². The van der Waals surface area contributed by atoms with Crippen LogP contribution in [-0.4, -0.2) is 54.9 Å². The van der Waals surface area contributed by atoms with Crippen LogP contribution < -0.4 is 5.32 Å². The normalized spacial score (nSPS) is 16.5. The quantitative estimate of drug-likeness (QED) is 0.690. The number of halogens is 1. The molecular formula is C8H13BrN2O3. The van der Waals surface area contributed by atoms with E-state index in [0.29, 0.717) is 26.3 Å². The first-order chi connectivity index (χ1) is 6.74. The zero-order valence-corrected chi connectivity index (χ0v) is 9.38. The van der Waals surface area contributed by atoms with Gasteiger partial charge in [-0.15, -0.1) is 0 Å². The van der Waals surface area contributed by atoms with Crippen LogP contribution >= 0.6 is 15.9 Å². The monoisotopic (exact) mass is 264 g/mol. The van der Waals surface area contributed by atoms with E-state index in [0.717, 1.165) is 0 Å². The van der Waals surface area contributed by atoms with Crippen LogP contribution in [0.25, 0.3) is 0 Å². The highest BCUT2D eigenvalue weighted by Gasteiger charge is 2.16. The van der Waals surface area contributed by atoms with Crippen molar-refractivity contribution >= 4 is 27.7 Å². The molecule has 0 bridgehead atoms. The number of carbonyl (C=O) groups excluding carboxylic acids is 2. The Labute approximate surface area is 90.9 Å². The summed E-state index contributed by atoms with van der Waals surface area (Å²) in [5, 5.41) is 2.74. The van der Waals surface area contributed by atoms with Crippen LogP contribution in [0.15, 0.2) is 0 Å². The van der Waals surface area contributed by atoms with E-state index < -0.39 is 0 Å². The summed E-state index contributed by atoms with van der Waals surface area (Å²) < 4.78 is 5.11. The fraction of sp³-hybridized carbons (Fsp3) is 0.750. The van der Waals surface area contributed by atoms with Gasteiger partial charge in [0.15, 0.2) is 0 Å². The maximum absolute atomic E-state index is 11.5. The average Bonchev–Trinajstić information content (AvgIpc) is 2.26. The third-order valence-corrected chi connectivity index (χ3v) is 2.43. The third kappa shape index (κ3) is 3.63. The Bertz CT molecular complexity index is 217. The fourth-order valence-electron chi connectivity index (χ4n) is 1.15. The number of amides is 2. The molecular weight excluding hydrogens is 252 g/mol. The Morgan fingerprint density at radius 3 is 2.57 bits per heavy atom. The van der Waals surface area contributed by atoms with Crippen LogP contribution in [0.2, 0.25) is 0 Å². The molecule has 0 aromatic rings. The minimum atomic E-state index is -0.174. The largest absolute Gasteiger partial charge is 0.378 e. The maximum Gasteiger partial charge on any atom is 0.242 e. The van der Waals surface area contributed by atoms with Crippen LogP contribution in [-0.2, 0) is 14.3 Å². The summed E-state index contributed by atoms with van der Waals surface area (Å²) in [7, 11) is 0. The Hall–Kier alpha value is -0.620. The standard InChI is InChI=1S/C8H13BrN2O3/c9-5-7(12)10-6-8(13)11-1-3-14-4-2-11/h1-6H2,(H,10,12). The molecule has 0 aromatic carbocycles. The Morgan fingerprint density at radius 1 is 1.36 bits per heavy atom. The van der Waals surface area contributed by atoms with Crippen molar-refractivity contribution in [3.63, 3.8) is 0 Å². The predicted molar refractivity (Wildman–Crippen MR) is 54.2 cm³/mol. The van der Waals surface area contributed by atoms with E-state index in [4.69, 9.17) is 4.74 Å². The molecule has 0 aromatic heterocycles. The second-order valence-corrected chi connectivity index (χ2v) is 3.46. The van der Waals surface area contributed by atoms with Gasteiger partial charge in [-0.2, -0.15) is 0 Å². The molecule has 14 heavy (non-hydrogen) atoms. The molecule has 0 atom stereocenters. The van der Waals surface area contributed by atoms with E-state index in [2.05, 4.69) is 21.2 Å². The Balaban J connectivity index is 2.23. The van der Waals surface area contributed by atoms with Crippen LogP contribution in [0.4, 0.5) is 0 Å². The lowest BCUT2D eigenvalue weighted by atomic mass is 10.4. The topological polar surface area (TPSA) is 58.6 Å². The lowest BCUT2D eigenvalue weighted by molar-refractivity contribution is -0.135. The van der Waals surface area contributed by atoms with Crippen LogP contribution in [0, 0.1) is 0 Å². The van der Waals surface area contributed by atoms with Gasteiger partial charge in [-0.3, -0.25) is 9.59 Å². The second-order valence-electron chi connectivity index (χ2n) is 2.90. The molecule has 1 fully saturated rings. The molecule has 0 saturated carbocycles. The summed E-state index contributed by atoms with van der Waals surface area (Å²) in [6.07, 6.45) is 0. The van der Waals surface area contributed by atoms with Gasteiger partial charge >= 0.3 is 0 Å². The number of rotatable bonds is 3. The molecule has 1 saturated heterocycles. The minimum Gasteiger partial charge on any atom is -0.378 e. The van der Waals surface area contributed by atoms with Gasteiger partial charge < -0.3 is 15.0 Å². The van der Waals surface area contributed by atoms with Crippen LogP contribution in [0.3, 0.4) is 0 Å². The SMILES string of the molecule is O=C(CBr)NCC(=O)N1CCOCC1. The van der Waals surface area contributed by atoms with Crippen LogP contribution in [0.5, 0.6) is 0 Å². The molecule has 0 unspecified atom stereocenters. The second kappa shape index (κ2) is 5.98. The summed E-state index contributed by atoms with van der Waals surface area (Å²) in [5.74, 6) is -0.228. The Kier molecular flexibility index (Phi) is 4.89. The van der Waals surface area contributed by atoms with Crippen molar-refractivity contribution in [3.05, 3.63) is 0 Å². The lowest BCUT2D eigenvalue weighted by Gasteiger charge is -2.26. The number of alkyl halides is 1. The number of nitrogens with one attached hydrogen (secondary N) is 1. The molecule has 80 valence electrons. The van der Waals surface area contributed by atoms with Crippen molar-refractivity contribution in [2.75, 3.05) is 38.2 Å². The number of carbonyl (C=O) groups is 2. The first-order valence-electron chi connectivity index (χ1n) is 4.42. The van der Waals surface area contributed by atoms with E-state index in [1.165, 1.54) is 0 Å². The van der Waals surface area contributed by atoms with Gasteiger partial charge in [-0.1, -0.05) is 15.9 Å². The fourth-order valence-corrected chi connectivity index (χ4v) is 1.34. The van der Waals surface area contributed by atoms with Gasteiger partial charge in [0.05, 0.1) is 25.1 Å². The summed E-state index contributed by atoms with van der Waals surface area (Å²) in [6, 6.07) is 0. The van der Waals surface area contributed by atoms with Crippen LogP contribution in [0.1, 0.15) is 0 Å². The van der Waals surface area contributed by atoms with E-state index in [1.54, 1.807) is 4.90 Å². The number of morpholine rings is 1. The summed E-state index contributed by atoms with van der Waals surface area (Å²) in [4.78, 5) is 24.0. The van der Waals surface area contributed by atoms with Gasteiger partial charge in [-0.25, -0.2) is 0 Å². The number of hydrogen-bond donors (Lipinski definition) is 1. The highest BCUT2D eigenvalue weighted by Crippen LogP contribution is 1.96. The minimum absolute atomic E-state index is 0.0531. The van der Waals surface area contributed by atoms with Gasteiger partial charge in [-0.05, 0) is 0 Å². The first-order valence-corrected chi connectivity index (χ1v) is 5.54. The summed E-state index contributed by atoms with van der Waals surface area (Å²) in [6.45, 7) is 2.47. The summed E-state index contributed by atoms with van der Waals surface area (Å²) >= 11 is 3.00. The van der Waals surface area contributed by atoms with Gasteiger partial charge in [0.25, 0.3) is 0 Å². The van der Waals surface area contributed by atoms with Crippen molar-refractivity contribution in [2.45, 2.75) is 0 Å². The molecule has 1 aliphatic heterocycles. The highest BCUT2D eigenvalue weighted by atomic mass is 79.9. The average molecular weight is 265 g/mol. The molecule has 1 N–H and O–H groups in total. The molecule has 1 rings (SSSR count). The van der Waals surface area contributed by atoms with Crippen molar-refractivity contribution in [1.29, 1.82) is 0 Å². The third-order valence-electron chi connectivity index (χ3n) is 1.92. The van der Waals surface area contributed by atoms with Gasteiger partial charge in [0, 0.05) is 13.1 Å². The van der Waals surface area contributed by atoms with Crippen molar-refractivity contribution < 1.29 is 14.3 Å². The van der Waals surface area contributed by atoms with E-state index in [9.17, 15) is 9.59 Å². The van der Waals surface area contributed by atoms with E-state index in [-0.39, 0.29) is 23.7 Å².